The Morgan fingerprint density at radius 3 is 2.23 bits per heavy atom. The van der Waals surface area contributed by atoms with Gasteiger partial charge in [0.15, 0.2) is 0 Å². The molecule has 2 aromatic carbocycles. The Hall–Kier alpha value is -3.74. The van der Waals surface area contributed by atoms with E-state index < -0.39 is 12.1 Å². The van der Waals surface area contributed by atoms with E-state index in [0.717, 1.165) is 34.9 Å². The van der Waals surface area contributed by atoms with E-state index in [1.807, 2.05) is 37.3 Å². The van der Waals surface area contributed by atoms with Crippen LogP contribution in [0.3, 0.4) is 0 Å². The molecule has 1 saturated carbocycles. The van der Waals surface area contributed by atoms with Crippen molar-refractivity contribution in [1.29, 1.82) is 0 Å². The molecule has 1 heterocycles. The summed E-state index contributed by atoms with van der Waals surface area (Å²) in [4.78, 5) is 20.1. The second kappa shape index (κ2) is 9.38. The fourth-order valence-corrected chi connectivity index (χ4v) is 3.59. The minimum Gasteiger partial charge on any atom is -0.497 e. The third kappa shape index (κ3) is 5.45. The van der Waals surface area contributed by atoms with Gasteiger partial charge in [0, 0.05) is 29.4 Å². The summed E-state index contributed by atoms with van der Waals surface area (Å²) in [6.07, 6.45) is 2.94. The lowest BCUT2D eigenvalue weighted by molar-refractivity contribution is 0.1000. The molecule has 1 aliphatic carbocycles. The lowest BCUT2D eigenvalue weighted by Gasteiger charge is -2.15. The van der Waals surface area contributed by atoms with Crippen LogP contribution < -0.4 is 10.5 Å². The summed E-state index contributed by atoms with van der Waals surface area (Å²) in [5.41, 5.74) is 11.7. The number of hydrogen-bond donors (Lipinski definition) is 3. The normalized spacial score (nSPS) is 12.6. The molecule has 3 aromatic rings. The molecular weight excluding hydrogens is 396 g/mol. The zero-order valence-electron chi connectivity index (χ0n) is 17.5. The first-order valence-electron chi connectivity index (χ1n) is 9.96. The highest BCUT2D eigenvalue weighted by Crippen LogP contribution is 2.39. The Kier molecular flexibility index (Phi) is 6.65. The molecule has 162 valence electrons. The van der Waals surface area contributed by atoms with Gasteiger partial charge in [-0.1, -0.05) is 18.2 Å². The minimum atomic E-state index is -1.83. The number of carbonyl (C=O) groups is 2. The molecule has 7 heteroatoms. The van der Waals surface area contributed by atoms with Crippen LogP contribution in [0.25, 0.3) is 22.4 Å². The number of aryl methyl sites for hydroxylation is 1. The topological polar surface area (TPSA) is 115 Å². The van der Waals surface area contributed by atoms with Gasteiger partial charge in [-0.25, -0.2) is 4.79 Å². The number of carboxylic acid groups (broad SMARTS) is 2. The fourth-order valence-electron chi connectivity index (χ4n) is 3.59. The number of methoxy groups -OCH3 is 1. The molecule has 1 amide bonds. The van der Waals surface area contributed by atoms with Crippen LogP contribution in [-0.2, 0) is 6.54 Å². The van der Waals surface area contributed by atoms with Gasteiger partial charge in [-0.05, 0) is 67.1 Å². The third-order valence-corrected chi connectivity index (χ3v) is 5.28. The second-order valence-corrected chi connectivity index (χ2v) is 7.58. The molecule has 0 aliphatic heterocycles. The van der Waals surface area contributed by atoms with Crippen molar-refractivity contribution in [2.24, 2.45) is 11.7 Å². The van der Waals surface area contributed by atoms with Crippen LogP contribution in [0, 0.1) is 12.8 Å². The molecule has 0 saturated heterocycles. The van der Waals surface area contributed by atoms with Crippen LogP contribution in [0.1, 0.15) is 28.8 Å². The Morgan fingerprint density at radius 2 is 1.71 bits per heavy atom. The largest absolute Gasteiger partial charge is 0.503 e. The zero-order chi connectivity index (χ0) is 22.5. The summed E-state index contributed by atoms with van der Waals surface area (Å²) in [6, 6.07) is 16.0. The van der Waals surface area contributed by atoms with Gasteiger partial charge >= 0.3 is 6.16 Å². The molecule has 0 unspecified atom stereocenters. The number of benzene rings is 2. The van der Waals surface area contributed by atoms with Crippen molar-refractivity contribution in [1.82, 2.24) is 4.57 Å². The summed E-state index contributed by atoms with van der Waals surface area (Å²) in [7, 11) is 1.68. The first-order valence-corrected chi connectivity index (χ1v) is 9.96. The third-order valence-electron chi connectivity index (χ3n) is 5.28. The van der Waals surface area contributed by atoms with E-state index in [4.69, 9.17) is 25.5 Å². The first kappa shape index (κ1) is 22.0. The fraction of sp³-hybridized carbons (Fsp3) is 0.250. The van der Waals surface area contributed by atoms with E-state index in [1.165, 1.54) is 24.1 Å². The maximum Gasteiger partial charge on any atom is 0.503 e. The number of amides is 1. The molecule has 1 fully saturated rings. The average molecular weight is 422 g/mol. The number of nitrogens with zero attached hydrogens (tertiary/aromatic N) is 1. The Labute approximate surface area is 180 Å². The smallest absolute Gasteiger partial charge is 0.497 e. The van der Waals surface area contributed by atoms with Gasteiger partial charge in [-0.15, -0.1) is 0 Å². The average Bonchev–Trinajstić information content (AvgIpc) is 3.45. The summed E-state index contributed by atoms with van der Waals surface area (Å²) >= 11 is 0. The maximum absolute atomic E-state index is 11.5. The van der Waals surface area contributed by atoms with Gasteiger partial charge in [0.25, 0.3) is 0 Å². The molecule has 1 aliphatic rings. The molecule has 1 aromatic heterocycles. The molecule has 0 spiro atoms. The van der Waals surface area contributed by atoms with E-state index in [9.17, 15) is 4.79 Å². The molecule has 4 N–H and O–H groups in total. The zero-order valence-corrected chi connectivity index (χ0v) is 17.5. The van der Waals surface area contributed by atoms with Crippen LogP contribution >= 0.6 is 0 Å². The SMILES string of the molecule is COc1ccc(-c2ccn(CC3CC3)c2-c2ccc(C(N)=O)cc2C)cc1.O=C(O)O. The number of carbonyl (C=O) groups excluding carboxylic acids is 1. The van der Waals surface area contributed by atoms with Crippen molar-refractivity contribution in [3.05, 3.63) is 65.9 Å². The predicted molar refractivity (Wildman–Crippen MR) is 118 cm³/mol. The lowest BCUT2D eigenvalue weighted by atomic mass is 9.96. The van der Waals surface area contributed by atoms with Gasteiger partial charge in [0.1, 0.15) is 5.75 Å². The van der Waals surface area contributed by atoms with Crippen molar-refractivity contribution in [3.63, 3.8) is 0 Å². The van der Waals surface area contributed by atoms with E-state index in [-0.39, 0.29) is 0 Å². The highest BCUT2D eigenvalue weighted by atomic mass is 16.6. The Balaban J connectivity index is 0.000000628. The number of nitrogens with two attached hydrogens (primary N) is 1. The van der Waals surface area contributed by atoms with Crippen molar-refractivity contribution in [2.45, 2.75) is 26.3 Å². The maximum atomic E-state index is 11.5. The van der Waals surface area contributed by atoms with Gasteiger partial charge in [0.05, 0.1) is 12.8 Å². The van der Waals surface area contributed by atoms with E-state index in [0.29, 0.717) is 5.56 Å². The number of ether oxygens (including phenoxy) is 1. The summed E-state index contributed by atoms with van der Waals surface area (Å²) in [5.74, 6) is 1.22. The van der Waals surface area contributed by atoms with Crippen LogP contribution in [-0.4, -0.2) is 34.0 Å². The van der Waals surface area contributed by atoms with Crippen molar-refractivity contribution in [2.75, 3.05) is 7.11 Å². The molecule has 0 bridgehead atoms. The molecule has 0 atom stereocenters. The lowest BCUT2D eigenvalue weighted by Crippen LogP contribution is -2.11. The standard InChI is InChI=1S/C23H24N2O2.CH2O3/c1-15-13-18(23(24)26)7-10-20(15)22-21(11-12-25(22)14-16-3-4-16)17-5-8-19(27-2)9-6-17;2-1(3)4/h5-13,16H,3-4,14H2,1-2H3,(H2,24,26);(H2,2,3,4). The summed E-state index contributed by atoms with van der Waals surface area (Å²) < 4.78 is 7.64. The highest BCUT2D eigenvalue weighted by Gasteiger charge is 2.24. The molecule has 7 nitrogen and oxygen atoms in total. The predicted octanol–water partition coefficient (Wildman–Crippen LogP) is 4.87. The second-order valence-electron chi connectivity index (χ2n) is 7.58. The van der Waals surface area contributed by atoms with Crippen molar-refractivity contribution >= 4 is 12.1 Å². The van der Waals surface area contributed by atoms with Gasteiger partial charge in [-0.3, -0.25) is 4.79 Å². The van der Waals surface area contributed by atoms with Crippen LogP contribution in [0.4, 0.5) is 4.79 Å². The number of primary amides is 1. The number of rotatable bonds is 6. The Bertz CT molecular complexity index is 1080. The van der Waals surface area contributed by atoms with Crippen molar-refractivity contribution in [3.8, 4) is 28.1 Å². The number of aromatic nitrogens is 1. The van der Waals surface area contributed by atoms with Gasteiger partial charge < -0.3 is 25.3 Å². The molecule has 0 radical (unpaired) electrons. The summed E-state index contributed by atoms with van der Waals surface area (Å²) in [5, 5.41) is 13.9. The van der Waals surface area contributed by atoms with Crippen molar-refractivity contribution < 1.29 is 24.5 Å². The quantitative estimate of drug-likeness (QED) is 0.524. The summed E-state index contributed by atoms with van der Waals surface area (Å²) in [6.45, 7) is 3.07. The van der Waals surface area contributed by atoms with Crippen LogP contribution in [0.2, 0.25) is 0 Å². The van der Waals surface area contributed by atoms with Gasteiger partial charge in [-0.2, -0.15) is 0 Å². The van der Waals surface area contributed by atoms with Crippen LogP contribution in [0.5, 0.6) is 5.75 Å². The van der Waals surface area contributed by atoms with E-state index >= 15 is 0 Å². The van der Waals surface area contributed by atoms with Gasteiger partial charge in [0.2, 0.25) is 5.91 Å². The molecule has 31 heavy (non-hydrogen) atoms. The first-order chi connectivity index (χ1) is 14.8. The van der Waals surface area contributed by atoms with Crippen LogP contribution in [0.15, 0.2) is 54.7 Å². The monoisotopic (exact) mass is 422 g/mol. The molecule has 4 rings (SSSR count). The Morgan fingerprint density at radius 1 is 1.06 bits per heavy atom. The highest BCUT2D eigenvalue weighted by molar-refractivity contribution is 5.94. The molecular formula is C24H26N2O5. The van der Waals surface area contributed by atoms with E-state index in [1.54, 1.807) is 7.11 Å². The minimum absolute atomic E-state index is 0.395. The number of hydrogen-bond acceptors (Lipinski definition) is 3. The van der Waals surface area contributed by atoms with E-state index in [2.05, 4.69) is 29.0 Å².